The first-order chi connectivity index (χ1) is 11.3. The summed E-state index contributed by atoms with van der Waals surface area (Å²) >= 11 is 0. The van der Waals surface area contributed by atoms with Crippen LogP contribution in [0.4, 0.5) is 5.95 Å². The summed E-state index contributed by atoms with van der Waals surface area (Å²) in [6, 6.07) is 7.93. The van der Waals surface area contributed by atoms with Crippen molar-refractivity contribution in [3.05, 3.63) is 43.0 Å². The van der Waals surface area contributed by atoms with Gasteiger partial charge in [-0.25, -0.2) is 24.5 Å². The predicted molar refractivity (Wildman–Crippen MR) is 87.3 cm³/mol. The Morgan fingerprint density at radius 3 is 2.91 bits per heavy atom. The number of rotatable bonds is 3. The van der Waals surface area contributed by atoms with Crippen LogP contribution in [-0.2, 0) is 0 Å². The molecule has 3 aromatic heterocycles. The fourth-order valence-corrected chi connectivity index (χ4v) is 2.57. The van der Waals surface area contributed by atoms with E-state index in [4.69, 9.17) is 4.74 Å². The molecule has 0 fully saturated rings. The molecular formula is C16H12N6O. The van der Waals surface area contributed by atoms with Crippen LogP contribution < -0.4 is 4.74 Å². The molecule has 0 amide bonds. The van der Waals surface area contributed by atoms with Crippen molar-refractivity contribution in [2.24, 2.45) is 4.99 Å². The number of nitrogens with zero attached hydrogens (tertiary/aromatic N) is 6. The third-order valence-electron chi connectivity index (χ3n) is 3.65. The molecule has 0 aliphatic heterocycles. The minimum absolute atomic E-state index is 0.341. The Morgan fingerprint density at radius 2 is 2.09 bits per heavy atom. The van der Waals surface area contributed by atoms with Gasteiger partial charge in [0, 0.05) is 11.8 Å². The van der Waals surface area contributed by atoms with Crippen molar-refractivity contribution >= 4 is 29.1 Å². The molecule has 0 unspecified atom stereocenters. The second-order valence-electron chi connectivity index (χ2n) is 4.89. The number of fused-ring (bicyclic) bond motifs is 2. The molecule has 4 rings (SSSR count). The van der Waals surface area contributed by atoms with E-state index in [-0.39, 0.29) is 0 Å². The Hall–Kier alpha value is -3.35. The number of benzene rings is 1. The maximum absolute atomic E-state index is 5.32. The number of ether oxygens (including phenoxy) is 1. The van der Waals surface area contributed by atoms with E-state index in [1.807, 2.05) is 30.5 Å². The second kappa shape index (κ2) is 5.13. The summed E-state index contributed by atoms with van der Waals surface area (Å²) in [6.45, 7) is 3.44. The van der Waals surface area contributed by atoms with Crippen molar-refractivity contribution in [2.75, 3.05) is 7.11 Å². The highest BCUT2D eigenvalue weighted by atomic mass is 16.5. The van der Waals surface area contributed by atoms with Gasteiger partial charge in [0.15, 0.2) is 0 Å². The topological polar surface area (TPSA) is 77.6 Å². The maximum atomic E-state index is 5.32. The van der Waals surface area contributed by atoms with E-state index in [2.05, 4.69) is 31.8 Å². The molecule has 0 aliphatic carbocycles. The molecular weight excluding hydrogens is 292 g/mol. The lowest BCUT2D eigenvalue weighted by Gasteiger charge is -2.06. The summed E-state index contributed by atoms with van der Waals surface area (Å²) < 4.78 is 7.05. The Balaban J connectivity index is 1.93. The lowest BCUT2D eigenvalue weighted by Crippen LogP contribution is -1.93. The molecule has 0 atom stereocenters. The molecule has 112 valence electrons. The van der Waals surface area contributed by atoms with Crippen LogP contribution >= 0.6 is 0 Å². The second-order valence-corrected chi connectivity index (χ2v) is 4.89. The molecule has 0 spiro atoms. The normalized spacial score (nSPS) is 11.0. The number of hydrogen-bond acceptors (Lipinski definition) is 6. The summed E-state index contributed by atoms with van der Waals surface area (Å²) in [5.74, 6) is 0.892. The van der Waals surface area contributed by atoms with E-state index < -0.39 is 0 Å². The highest BCUT2D eigenvalue weighted by molar-refractivity contribution is 5.91. The first kappa shape index (κ1) is 13.3. The van der Waals surface area contributed by atoms with Crippen molar-refractivity contribution in [1.82, 2.24) is 24.6 Å². The highest BCUT2D eigenvalue weighted by Crippen LogP contribution is 2.30. The largest absolute Gasteiger partial charge is 0.480 e. The van der Waals surface area contributed by atoms with Crippen molar-refractivity contribution in [1.29, 1.82) is 0 Å². The Morgan fingerprint density at radius 1 is 1.17 bits per heavy atom. The van der Waals surface area contributed by atoms with E-state index >= 15 is 0 Å². The molecule has 0 radical (unpaired) electrons. The quantitative estimate of drug-likeness (QED) is 0.544. The van der Waals surface area contributed by atoms with Crippen molar-refractivity contribution in [2.45, 2.75) is 0 Å². The van der Waals surface area contributed by atoms with Crippen LogP contribution in [0.15, 0.2) is 48.0 Å². The smallest absolute Gasteiger partial charge is 0.266 e. The van der Waals surface area contributed by atoms with Gasteiger partial charge in [-0.3, -0.25) is 0 Å². The number of hydrogen-bond donors (Lipinski definition) is 0. The summed E-state index contributed by atoms with van der Waals surface area (Å²) in [4.78, 5) is 16.3. The minimum atomic E-state index is 0.341. The Bertz CT molecular complexity index is 1040. The molecule has 0 bridgehead atoms. The standard InChI is InChI=1S/C16H12N6O/c1-17-16-18-8-14-11(5-6-22(14)21-16)10-3-4-13-12(7-10)15(23-2)20-9-19-13/h3-9H,1H2,2H3. The zero-order chi connectivity index (χ0) is 15.8. The predicted octanol–water partition coefficient (Wildman–Crippen LogP) is 2.68. The van der Waals surface area contributed by atoms with Crippen LogP contribution in [0.25, 0.3) is 27.5 Å². The first-order valence-electron chi connectivity index (χ1n) is 6.90. The third kappa shape index (κ3) is 2.10. The molecule has 0 aliphatic rings. The molecule has 0 saturated carbocycles. The van der Waals surface area contributed by atoms with Crippen LogP contribution in [-0.4, -0.2) is 38.4 Å². The van der Waals surface area contributed by atoms with Gasteiger partial charge in [0.2, 0.25) is 5.88 Å². The third-order valence-corrected chi connectivity index (χ3v) is 3.65. The van der Waals surface area contributed by atoms with E-state index in [9.17, 15) is 0 Å². The molecule has 4 aromatic rings. The Labute approximate surface area is 131 Å². The molecule has 3 heterocycles. The van der Waals surface area contributed by atoms with Crippen molar-refractivity contribution in [3.8, 4) is 17.0 Å². The Kier molecular flexibility index (Phi) is 2.97. The molecule has 0 N–H and O–H groups in total. The van der Waals surface area contributed by atoms with Crippen LogP contribution in [0, 0.1) is 0 Å². The molecule has 23 heavy (non-hydrogen) atoms. The van der Waals surface area contributed by atoms with Crippen LogP contribution in [0.2, 0.25) is 0 Å². The van der Waals surface area contributed by atoms with Crippen LogP contribution in [0.1, 0.15) is 0 Å². The molecule has 7 nitrogen and oxygen atoms in total. The SMILES string of the molecule is C=Nc1ncc2c(-c3ccc4ncnc(OC)c4c3)ccn2n1. The number of methoxy groups -OCH3 is 1. The van der Waals surface area contributed by atoms with Gasteiger partial charge in [-0.05, 0) is 30.5 Å². The fourth-order valence-electron chi connectivity index (χ4n) is 2.57. The summed E-state index contributed by atoms with van der Waals surface area (Å²) in [7, 11) is 1.60. The van der Waals surface area contributed by atoms with Gasteiger partial charge >= 0.3 is 0 Å². The van der Waals surface area contributed by atoms with Crippen LogP contribution in [0.5, 0.6) is 5.88 Å². The summed E-state index contributed by atoms with van der Waals surface area (Å²) in [5.41, 5.74) is 3.73. The van der Waals surface area contributed by atoms with Crippen molar-refractivity contribution in [3.63, 3.8) is 0 Å². The number of aromatic nitrogens is 5. The molecule has 7 heteroatoms. The number of aliphatic imine (C=N–C) groups is 1. The minimum Gasteiger partial charge on any atom is -0.480 e. The average molecular weight is 304 g/mol. The first-order valence-corrected chi connectivity index (χ1v) is 6.90. The van der Waals surface area contributed by atoms with Gasteiger partial charge in [-0.2, -0.15) is 0 Å². The summed E-state index contributed by atoms with van der Waals surface area (Å²) in [5, 5.41) is 5.12. The maximum Gasteiger partial charge on any atom is 0.266 e. The highest BCUT2D eigenvalue weighted by Gasteiger charge is 2.10. The van der Waals surface area contributed by atoms with Gasteiger partial charge in [0.1, 0.15) is 6.33 Å². The van der Waals surface area contributed by atoms with Crippen molar-refractivity contribution < 1.29 is 4.74 Å². The van der Waals surface area contributed by atoms with E-state index in [1.165, 1.54) is 6.33 Å². The van der Waals surface area contributed by atoms with E-state index in [1.54, 1.807) is 17.8 Å². The average Bonchev–Trinajstić information content (AvgIpc) is 3.03. The molecule has 1 aromatic carbocycles. The fraction of sp³-hybridized carbons (Fsp3) is 0.0625. The van der Waals surface area contributed by atoms with E-state index in [0.717, 1.165) is 27.5 Å². The van der Waals surface area contributed by atoms with Gasteiger partial charge in [0.05, 0.1) is 29.7 Å². The monoisotopic (exact) mass is 304 g/mol. The zero-order valence-corrected chi connectivity index (χ0v) is 12.3. The van der Waals surface area contributed by atoms with E-state index in [0.29, 0.717) is 11.8 Å². The lowest BCUT2D eigenvalue weighted by molar-refractivity contribution is 0.402. The van der Waals surface area contributed by atoms with Gasteiger partial charge < -0.3 is 4.74 Å². The zero-order valence-electron chi connectivity index (χ0n) is 12.3. The lowest BCUT2D eigenvalue weighted by atomic mass is 10.1. The van der Waals surface area contributed by atoms with Gasteiger partial charge in [-0.15, -0.1) is 5.10 Å². The summed E-state index contributed by atoms with van der Waals surface area (Å²) in [6.07, 6.45) is 5.09. The van der Waals surface area contributed by atoms with Gasteiger partial charge in [-0.1, -0.05) is 6.07 Å². The van der Waals surface area contributed by atoms with Gasteiger partial charge in [0.25, 0.3) is 5.95 Å². The molecule has 0 saturated heterocycles. The van der Waals surface area contributed by atoms with Crippen LogP contribution in [0.3, 0.4) is 0 Å².